The number of hydrogen-bond acceptors (Lipinski definition) is 3. The van der Waals surface area contributed by atoms with Gasteiger partial charge >= 0.3 is 0 Å². The Morgan fingerprint density at radius 2 is 2.43 bits per heavy atom. The highest BCUT2D eigenvalue weighted by Crippen LogP contribution is 1.96. The molecule has 78 valence electrons. The fraction of sp³-hybridized carbons (Fsp3) is 0.556. The Balaban J connectivity index is 2.53. The van der Waals surface area contributed by atoms with Crippen LogP contribution in [0.15, 0.2) is 10.4 Å². The third kappa shape index (κ3) is 3.33. The molecule has 0 unspecified atom stereocenters. The van der Waals surface area contributed by atoms with E-state index >= 15 is 0 Å². The summed E-state index contributed by atoms with van der Waals surface area (Å²) >= 11 is 1.41. The fourth-order valence-electron chi connectivity index (χ4n) is 1.03. The number of primary amides is 1. The van der Waals surface area contributed by atoms with E-state index in [4.69, 9.17) is 5.73 Å². The molecule has 5 heteroatoms. The van der Waals surface area contributed by atoms with Gasteiger partial charge in [-0.25, -0.2) is 0 Å². The smallest absolute Gasteiger partial charge is 0.266 e. The van der Waals surface area contributed by atoms with Gasteiger partial charge in [-0.15, -0.1) is 11.3 Å². The number of unbranched alkanes of at least 4 members (excludes halogenated alkanes) is 2. The second-order valence-electron chi connectivity index (χ2n) is 3.03. The van der Waals surface area contributed by atoms with E-state index in [1.54, 1.807) is 5.38 Å². The largest absolute Gasteiger partial charge is 0.364 e. The van der Waals surface area contributed by atoms with Crippen LogP contribution in [0.3, 0.4) is 0 Å². The minimum atomic E-state index is -0.434. The molecule has 0 fully saturated rings. The minimum Gasteiger partial charge on any atom is -0.364 e. The van der Waals surface area contributed by atoms with Crippen molar-refractivity contribution in [2.45, 2.75) is 26.2 Å². The maximum absolute atomic E-state index is 10.7. The van der Waals surface area contributed by atoms with Crippen molar-refractivity contribution in [3.05, 3.63) is 15.9 Å². The van der Waals surface area contributed by atoms with Gasteiger partial charge in [0, 0.05) is 11.9 Å². The zero-order valence-corrected chi connectivity index (χ0v) is 9.06. The SMILES string of the molecule is CCCCC/N=c1/[nH]c(C(N)=O)cs1. The number of aromatic nitrogens is 1. The summed E-state index contributed by atoms with van der Waals surface area (Å²) in [6, 6.07) is 0. The van der Waals surface area contributed by atoms with Gasteiger partial charge in [-0.2, -0.15) is 0 Å². The van der Waals surface area contributed by atoms with Crippen LogP contribution in [0.1, 0.15) is 36.7 Å². The normalized spacial score (nSPS) is 11.9. The lowest BCUT2D eigenvalue weighted by molar-refractivity contribution is 0.0996. The summed E-state index contributed by atoms with van der Waals surface area (Å²) in [7, 11) is 0. The molecular formula is C9H15N3OS. The maximum atomic E-state index is 10.7. The molecule has 1 aromatic rings. The molecule has 4 nitrogen and oxygen atoms in total. The number of aromatic amines is 1. The Morgan fingerprint density at radius 3 is 3.00 bits per heavy atom. The maximum Gasteiger partial charge on any atom is 0.266 e. The summed E-state index contributed by atoms with van der Waals surface area (Å²) in [5, 5.41) is 1.70. The highest BCUT2D eigenvalue weighted by molar-refractivity contribution is 7.07. The van der Waals surface area contributed by atoms with E-state index in [-0.39, 0.29) is 0 Å². The topological polar surface area (TPSA) is 71.2 Å². The van der Waals surface area contributed by atoms with Crippen molar-refractivity contribution in [3.8, 4) is 0 Å². The number of rotatable bonds is 5. The second-order valence-corrected chi connectivity index (χ2v) is 3.89. The molecule has 0 saturated heterocycles. The number of carbonyl (C=O) groups is 1. The van der Waals surface area contributed by atoms with Gasteiger partial charge in [0.15, 0.2) is 4.80 Å². The molecule has 0 radical (unpaired) electrons. The Bertz CT molecular complexity index is 353. The zero-order valence-electron chi connectivity index (χ0n) is 8.25. The first-order chi connectivity index (χ1) is 6.74. The molecule has 0 atom stereocenters. The van der Waals surface area contributed by atoms with Crippen molar-refractivity contribution in [3.63, 3.8) is 0 Å². The first kappa shape index (κ1) is 11.0. The predicted molar refractivity (Wildman–Crippen MR) is 57.1 cm³/mol. The minimum absolute atomic E-state index is 0.434. The number of thiazole rings is 1. The lowest BCUT2D eigenvalue weighted by atomic mass is 10.2. The molecular weight excluding hydrogens is 198 g/mol. The number of nitrogens with two attached hydrogens (primary N) is 1. The van der Waals surface area contributed by atoms with E-state index in [0.717, 1.165) is 17.8 Å². The average Bonchev–Trinajstić information content (AvgIpc) is 2.61. The van der Waals surface area contributed by atoms with Crippen molar-refractivity contribution in [2.24, 2.45) is 10.7 Å². The molecule has 0 spiro atoms. The molecule has 0 aliphatic rings. The van der Waals surface area contributed by atoms with Gasteiger partial charge in [-0.3, -0.25) is 9.79 Å². The van der Waals surface area contributed by atoms with Crippen LogP contribution in [-0.2, 0) is 0 Å². The summed E-state index contributed by atoms with van der Waals surface area (Å²) < 4.78 is 0. The molecule has 1 aromatic heterocycles. The quantitative estimate of drug-likeness (QED) is 0.710. The molecule has 0 aliphatic carbocycles. The standard InChI is InChI=1S/C9H15N3OS/c1-2-3-4-5-11-9-12-7(6-14-9)8(10)13/h6H,2-5H2,1H3,(H2,10,13)(H,11,12). The fourth-order valence-corrected chi connectivity index (χ4v) is 1.77. The number of amides is 1. The number of nitrogens with zero attached hydrogens (tertiary/aromatic N) is 1. The van der Waals surface area contributed by atoms with E-state index in [0.29, 0.717) is 5.69 Å². The van der Waals surface area contributed by atoms with Crippen LogP contribution in [0.4, 0.5) is 0 Å². The highest BCUT2D eigenvalue weighted by atomic mass is 32.1. The molecule has 14 heavy (non-hydrogen) atoms. The van der Waals surface area contributed by atoms with Crippen LogP contribution in [0, 0.1) is 0 Å². The summed E-state index contributed by atoms with van der Waals surface area (Å²) in [6.45, 7) is 2.96. The van der Waals surface area contributed by atoms with E-state index in [1.165, 1.54) is 24.2 Å². The van der Waals surface area contributed by atoms with Crippen LogP contribution in [-0.4, -0.2) is 17.4 Å². The van der Waals surface area contributed by atoms with Crippen LogP contribution in [0.25, 0.3) is 0 Å². The number of hydrogen-bond donors (Lipinski definition) is 2. The molecule has 0 aromatic carbocycles. The summed E-state index contributed by atoms with van der Waals surface area (Å²) in [5.74, 6) is -0.434. The van der Waals surface area contributed by atoms with Gasteiger partial charge in [-0.05, 0) is 6.42 Å². The van der Waals surface area contributed by atoms with Gasteiger partial charge in [0.2, 0.25) is 0 Å². The van der Waals surface area contributed by atoms with E-state index in [9.17, 15) is 4.79 Å². The molecule has 0 saturated carbocycles. The van der Waals surface area contributed by atoms with Gasteiger partial charge in [0.05, 0.1) is 0 Å². The number of carbonyl (C=O) groups excluding carboxylic acids is 1. The van der Waals surface area contributed by atoms with Crippen LogP contribution in [0.5, 0.6) is 0 Å². The van der Waals surface area contributed by atoms with Crippen LogP contribution in [0.2, 0.25) is 0 Å². The Hall–Kier alpha value is -1.10. The van der Waals surface area contributed by atoms with Crippen molar-refractivity contribution >= 4 is 17.2 Å². The molecule has 3 N–H and O–H groups in total. The molecule has 1 amide bonds. The van der Waals surface area contributed by atoms with Gasteiger partial charge in [0.1, 0.15) is 5.69 Å². The van der Waals surface area contributed by atoms with Crippen molar-refractivity contribution in [2.75, 3.05) is 6.54 Å². The Labute approximate surface area is 86.9 Å². The van der Waals surface area contributed by atoms with Crippen molar-refractivity contribution in [1.29, 1.82) is 0 Å². The van der Waals surface area contributed by atoms with Gasteiger partial charge < -0.3 is 10.7 Å². The highest BCUT2D eigenvalue weighted by Gasteiger charge is 2.00. The summed E-state index contributed by atoms with van der Waals surface area (Å²) in [6.07, 6.45) is 3.47. The Morgan fingerprint density at radius 1 is 1.64 bits per heavy atom. The Kier molecular flexibility index (Phi) is 4.39. The molecule has 0 aliphatic heterocycles. The van der Waals surface area contributed by atoms with Crippen LogP contribution < -0.4 is 10.5 Å². The third-order valence-electron chi connectivity index (χ3n) is 1.81. The first-order valence-corrected chi connectivity index (χ1v) is 5.60. The lowest BCUT2D eigenvalue weighted by Crippen LogP contribution is -2.13. The van der Waals surface area contributed by atoms with Crippen molar-refractivity contribution < 1.29 is 4.79 Å². The number of nitrogens with one attached hydrogen (secondary N) is 1. The summed E-state index contributed by atoms with van der Waals surface area (Å²) in [5.41, 5.74) is 5.53. The summed E-state index contributed by atoms with van der Waals surface area (Å²) in [4.78, 5) is 18.7. The van der Waals surface area contributed by atoms with Crippen LogP contribution >= 0.6 is 11.3 Å². The number of H-pyrrole nitrogens is 1. The second kappa shape index (κ2) is 5.59. The van der Waals surface area contributed by atoms with Gasteiger partial charge in [-0.1, -0.05) is 19.8 Å². The monoisotopic (exact) mass is 213 g/mol. The zero-order chi connectivity index (χ0) is 10.4. The lowest BCUT2D eigenvalue weighted by Gasteiger charge is -1.90. The van der Waals surface area contributed by atoms with E-state index < -0.39 is 5.91 Å². The van der Waals surface area contributed by atoms with E-state index in [1.807, 2.05) is 0 Å². The molecule has 1 rings (SSSR count). The third-order valence-corrected chi connectivity index (χ3v) is 2.62. The first-order valence-electron chi connectivity index (χ1n) is 4.72. The van der Waals surface area contributed by atoms with Gasteiger partial charge in [0.25, 0.3) is 5.91 Å². The van der Waals surface area contributed by atoms with E-state index in [2.05, 4.69) is 16.9 Å². The molecule has 0 bridgehead atoms. The van der Waals surface area contributed by atoms with Crippen molar-refractivity contribution in [1.82, 2.24) is 4.98 Å². The molecule has 1 heterocycles. The predicted octanol–water partition coefficient (Wildman–Crippen LogP) is 1.27. The average molecular weight is 213 g/mol.